The Kier molecular flexibility index (Phi) is 5.93. The molecule has 0 aliphatic heterocycles. The van der Waals surface area contributed by atoms with Crippen LogP contribution < -0.4 is 11.1 Å². The van der Waals surface area contributed by atoms with E-state index in [1.807, 2.05) is 0 Å². The van der Waals surface area contributed by atoms with Gasteiger partial charge < -0.3 is 11.1 Å². The molecule has 0 aromatic rings. The van der Waals surface area contributed by atoms with Gasteiger partial charge in [0.1, 0.15) is 0 Å². The SMILES string of the molecule is CC(CN)(NC(=O)CC1CCCCC1)C1CC1.Cl. The van der Waals surface area contributed by atoms with Crippen LogP contribution in [-0.2, 0) is 4.79 Å². The highest BCUT2D eigenvalue weighted by molar-refractivity contribution is 5.85. The van der Waals surface area contributed by atoms with E-state index < -0.39 is 0 Å². The number of carbonyl (C=O) groups is 1. The Labute approximate surface area is 117 Å². The number of carbonyl (C=O) groups excluding carboxylic acids is 1. The van der Waals surface area contributed by atoms with Crippen molar-refractivity contribution in [2.45, 2.75) is 63.8 Å². The van der Waals surface area contributed by atoms with Crippen LogP contribution in [0.3, 0.4) is 0 Å². The third-order valence-corrected chi connectivity index (χ3v) is 4.53. The van der Waals surface area contributed by atoms with Gasteiger partial charge in [0, 0.05) is 13.0 Å². The van der Waals surface area contributed by atoms with Crippen LogP contribution in [0, 0.1) is 11.8 Å². The van der Waals surface area contributed by atoms with Gasteiger partial charge in [0.2, 0.25) is 5.91 Å². The first-order valence-electron chi connectivity index (χ1n) is 7.15. The van der Waals surface area contributed by atoms with E-state index in [2.05, 4.69) is 12.2 Å². The van der Waals surface area contributed by atoms with E-state index in [1.165, 1.54) is 44.9 Å². The van der Waals surface area contributed by atoms with E-state index in [-0.39, 0.29) is 23.9 Å². The van der Waals surface area contributed by atoms with E-state index in [0.29, 0.717) is 24.8 Å². The molecule has 106 valence electrons. The molecule has 0 spiro atoms. The fourth-order valence-electron chi connectivity index (χ4n) is 3.06. The Balaban J connectivity index is 0.00000162. The predicted octanol–water partition coefficient (Wildman–Crippen LogP) is 2.62. The molecular formula is C14H27ClN2O. The monoisotopic (exact) mass is 274 g/mol. The van der Waals surface area contributed by atoms with Crippen molar-refractivity contribution in [3.63, 3.8) is 0 Å². The molecule has 1 unspecified atom stereocenters. The summed E-state index contributed by atoms with van der Waals surface area (Å²) in [4.78, 5) is 12.1. The molecule has 0 radical (unpaired) electrons. The average Bonchev–Trinajstić information content (AvgIpc) is 3.14. The molecule has 3 N–H and O–H groups in total. The Morgan fingerprint density at radius 3 is 2.33 bits per heavy atom. The van der Waals surface area contributed by atoms with Crippen LogP contribution in [0.4, 0.5) is 0 Å². The summed E-state index contributed by atoms with van der Waals surface area (Å²) in [5.41, 5.74) is 5.67. The maximum Gasteiger partial charge on any atom is 0.220 e. The molecule has 0 aromatic heterocycles. The zero-order chi connectivity index (χ0) is 12.3. The number of hydrogen-bond donors (Lipinski definition) is 2. The second-order valence-electron chi connectivity index (χ2n) is 6.15. The van der Waals surface area contributed by atoms with E-state index in [4.69, 9.17) is 5.73 Å². The van der Waals surface area contributed by atoms with Gasteiger partial charge in [-0.25, -0.2) is 0 Å². The Bertz CT molecular complexity index is 275. The standard InChI is InChI=1S/C14H26N2O.ClH/c1-14(10-15,12-7-8-12)16-13(17)9-11-5-3-2-4-6-11;/h11-12H,2-10,15H2,1H3,(H,16,17);1H. The van der Waals surface area contributed by atoms with Crippen molar-refractivity contribution in [1.29, 1.82) is 0 Å². The molecular weight excluding hydrogens is 248 g/mol. The zero-order valence-electron chi connectivity index (χ0n) is 11.4. The number of hydrogen-bond acceptors (Lipinski definition) is 2. The minimum absolute atomic E-state index is 0. The predicted molar refractivity (Wildman–Crippen MR) is 76.8 cm³/mol. The fraction of sp³-hybridized carbons (Fsp3) is 0.929. The third-order valence-electron chi connectivity index (χ3n) is 4.53. The summed E-state index contributed by atoms with van der Waals surface area (Å²) in [5, 5.41) is 3.19. The number of rotatable bonds is 5. The van der Waals surface area contributed by atoms with Crippen molar-refractivity contribution >= 4 is 18.3 Å². The Hall–Kier alpha value is -0.280. The molecule has 2 aliphatic rings. The minimum atomic E-state index is -0.147. The lowest BCUT2D eigenvalue weighted by Crippen LogP contribution is -2.53. The summed E-state index contributed by atoms with van der Waals surface area (Å²) in [6.07, 6.45) is 9.56. The molecule has 0 aromatic carbocycles. The van der Waals surface area contributed by atoms with Crippen LogP contribution in [0.25, 0.3) is 0 Å². The van der Waals surface area contributed by atoms with Gasteiger partial charge in [-0.3, -0.25) is 4.79 Å². The molecule has 0 saturated heterocycles. The molecule has 18 heavy (non-hydrogen) atoms. The molecule has 2 fully saturated rings. The molecule has 0 heterocycles. The second kappa shape index (κ2) is 6.76. The lowest BCUT2D eigenvalue weighted by Gasteiger charge is -2.31. The maximum absolute atomic E-state index is 12.1. The van der Waals surface area contributed by atoms with Gasteiger partial charge in [0.25, 0.3) is 0 Å². The van der Waals surface area contributed by atoms with Crippen LogP contribution in [0.15, 0.2) is 0 Å². The van der Waals surface area contributed by atoms with Crippen molar-refractivity contribution in [2.24, 2.45) is 17.6 Å². The summed E-state index contributed by atoms with van der Waals surface area (Å²) in [5.74, 6) is 1.45. The maximum atomic E-state index is 12.1. The van der Waals surface area contributed by atoms with Crippen molar-refractivity contribution < 1.29 is 4.79 Å². The van der Waals surface area contributed by atoms with Crippen molar-refractivity contribution in [2.75, 3.05) is 6.54 Å². The first-order chi connectivity index (χ1) is 8.14. The van der Waals surface area contributed by atoms with Gasteiger partial charge in [-0.05, 0) is 44.4 Å². The van der Waals surface area contributed by atoms with Crippen LogP contribution in [0.5, 0.6) is 0 Å². The van der Waals surface area contributed by atoms with E-state index in [0.717, 1.165) is 0 Å². The third kappa shape index (κ3) is 4.13. The molecule has 2 saturated carbocycles. The lowest BCUT2D eigenvalue weighted by molar-refractivity contribution is -0.124. The summed E-state index contributed by atoms with van der Waals surface area (Å²) in [6.45, 7) is 2.66. The molecule has 0 bridgehead atoms. The number of nitrogens with one attached hydrogen (secondary N) is 1. The Morgan fingerprint density at radius 2 is 1.83 bits per heavy atom. The van der Waals surface area contributed by atoms with Gasteiger partial charge in [-0.1, -0.05) is 19.3 Å². The van der Waals surface area contributed by atoms with Crippen LogP contribution in [0.2, 0.25) is 0 Å². The lowest BCUT2D eigenvalue weighted by atomic mass is 9.86. The van der Waals surface area contributed by atoms with E-state index in [9.17, 15) is 4.79 Å². The van der Waals surface area contributed by atoms with Gasteiger partial charge in [0.05, 0.1) is 5.54 Å². The summed E-state index contributed by atoms with van der Waals surface area (Å²) >= 11 is 0. The van der Waals surface area contributed by atoms with Gasteiger partial charge in [-0.15, -0.1) is 12.4 Å². The molecule has 4 heteroatoms. The fourth-order valence-corrected chi connectivity index (χ4v) is 3.06. The van der Waals surface area contributed by atoms with Crippen LogP contribution in [0.1, 0.15) is 58.3 Å². The summed E-state index contributed by atoms with van der Waals surface area (Å²) < 4.78 is 0. The molecule has 2 rings (SSSR count). The summed E-state index contributed by atoms with van der Waals surface area (Å²) in [7, 11) is 0. The number of nitrogens with two attached hydrogens (primary N) is 1. The Morgan fingerprint density at radius 1 is 1.22 bits per heavy atom. The van der Waals surface area contributed by atoms with E-state index >= 15 is 0 Å². The van der Waals surface area contributed by atoms with Gasteiger partial charge in [0.15, 0.2) is 0 Å². The molecule has 1 atom stereocenters. The average molecular weight is 275 g/mol. The molecule has 2 aliphatic carbocycles. The second-order valence-corrected chi connectivity index (χ2v) is 6.15. The quantitative estimate of drug-likeness (QED) is 0.810. The van der Waals surface area contributed by atoms with E-state index in [1.54, 1.807) is 0 Å². The summed E-state index contributed by atoms with van der Waals surface area (Å²) in [6, 6.07) is 0. The topological polar surface area (TPSA) is 55.1 Å². The van der Waals surface area contributed by atoms with Crippen LogP contribution >= 0.6 is 12.4 Å². The minimum Gasteiger partial charge on any atom is -0.349 e. The smallest absolute Gasteiger partial charge is 0.220 e. The van der Waals surface area contributed by atoms with Crippen molar-refractivity contribution in [1.82, 2.24) is 5.32 Å². The largest absolute Gasteiger partial charge is 0.349 e. The first kappa shape index (κ1) is 15.8. The van der Waals surface area contributed by atoms with Crippen molar-refractivity contribution in [3.05, 3.63) is 0 Å². The van der Waals surface area contributed by atoms with Crippen LogP contribution in [-0.4, -0.2) is 18.0 Å². The highest BCUT2D eigenvalue weighted by Gasteiger charge is 2.41. The molecule has 1 amide bonds. The highest BCUT2D eigenvalue weighted by Crippen LogP contribution is 2.39. The van der Waals surface area contributed by atoms with Crippen molar-refractivity contribution in [3.8, 4) is 0 Å². The van der Waals surface area contributed by atoms with Gasteiger partial charge >= 0.3 is 0 Å². The zero-order valence-corrected chi connectivity index (χ0v) is 12.2. The number of halogens is 1. The highest BCUT2D eigenvalue weighted by atomic mass is 35.5. The first-order valence-corrected chi connectivity index (χ1v) is 7.15. The molecule has 3 nitrogen and oxygen atoms in total. The van der Waals surface area contributed by atoms with Gasteiger partial charge in [-0.2, -0.15) is 0 Å². The normalized spacial score (nSPS) is 23.9. The number of amides is 1.